The van der Waals surface area contributed by atoms with E-state index >= 15 is 0 Å². The Hall–Kier alpha value is -1.07. The van der Waals surface area contributed by atoms with Crippen molar-refractivity contribution in [2.45, 2.75) is 36.5 Å². The summed E-state index contributed by atoms with van der Waals surface area (Å²) in [4.78, 5) is 0. The van der Waals surface area contributed by atoms with Crippen molar-refractivity contribution in [3.05, 3.63) is 35.9 Å². The highest BCUT2D eigenvalue weighted by Crippen LogP contribution is 2.24. The zero-order valence-corrected chi connectivity index (χ0v) is 12.3. The van der Waals surface area contributed by atoms with Crippen molar-refractivity contribution >= 4 is 10.1 Å². The van der Waals surface area contributed by atoms with Crippen molar-refractivity contribution in [3.63, 3.8) is 0 Å². The van der Waals surface area contributed by atoms with Crippen molar-refractivity contribution in [1.82, 2.24) is 0 Å². The van der Waals surface area contributed by atoms with Crippen molar-refractivity contribution in [3.8, 4) is 0 Å². The zero-order chi connectivity index (χ0) is 16.3. The lowest BCUT2D eigenvalue weighted by molar-refractivity contribution is -0.276. The minimum absolute atomic E-state index is 0.442. The smallest absolute Gasteiger partial charge is 0.274 e. The highest BCUT2D eigenvalue weighted by atomic mass is 32.2. The summed E-state index contributed by atoms with van der Waals surface area (Å²) in [6.45, 7) is -0.663. The van der Waals surface area contributed by atoms with Gasteiger partial charge in [-0.15, -0.1) is 0 Å². The lowest BCUT2D eigenvalue weighted by atomic mass is 10.00. The predicted octanol–water partition coefficient (Wildman–Crippen LogP) is -1.67. The van der Waals surface area contributed by atoms with Crippen LogP contribution in [-0.4, -0.2) is 66.2 Å². The third kappa shape index (κ3) is 4.02. The van der Waals surface area contributed by atoms with E-state index in [2.05, 4.69) is 0 Å². The van der Waals surface area contributed by atoms with Gasteiger partial charge >= 0.3 is 0 Å². The standard InChI is InChI=1S/C13H18O8S/c14-6-9-10(15)11(16)12(17)13(20-9)21-22(18,19)7-8-4-2-1-3-5-8/h1-5,9-17H,6-7H2/t9-,10-,11+,12-,13-/m1/s1. The van der Waals surface area contributed by atoms with Gasteiger partial charge in [0.15, 0.2) is 0 Å². The maximum atomic E-state index is 12.0. The molecule has 1 aromatic rings. The minimum atomic E-state index is -4.10. The van der Waals surface area contributed by atoms with E-state index < -0.39 is 53.2 Å². The molecular weight excluding hydrogens is 316 g/mol. The first-order valence-corrected chi connectivity index (χ1v) is 8.17. The number of rotatable bonds is 5. The van der Waals surface area contributed by atoms with Crippen LogP contribution in [0.2, 0.25) is 0 Å². The molecule has 1 fully saturated rings. The summed E-state index contributed by atoms with van der Waals surface area (Å²) in [7, 11) is -4.10. The van der Waals surface area contributed by atoms with Crippen LogP contribution in [0.5, 0.6) is 0 Å². The molecule has 0 aromatic heterocycles. The number of hydrogen-bond acceptors (Lipinski definition) is 8. The summed E-state index contributed by atoms with van der Waals surface area (Å²) in [5.41, 5.74) is 0.479. The second kappa shape index (κ2) is 7.01. The molecule has 1 heterocycles. The molecule has 22 heavy (non-hydrogen) atoms. The summed E-state index contributed by atoms with van der Waals surface area (Å²) < 4.78 is 33.7. The van der Waals surface area contributed by atoms with E-state index in [-0.39, 0.29) is 0 Å². The van der Waals surface area contributed by atoms with Crippen LogP contribution in [0.4, 0.5) is 0 Å². The molecule has 1 aliphatic heterocycles. The summed E-state index contributed by atoms with van der Waals surface area (Å²) in [6.07, 6.45) is -7.96. The molecular formula is C13H18O8S. The van der Waals surface area contributed by atoms with E-state index in [4.69, 9.17) is 14.0 Å². The van der Waals surface area contributed by atoms with Crippen LogP contribution >= 0.6 is 0 Å². The molecule has 1 saturated heterocycles. The molecule has 2 rings (SSSR count). The average Bonchev–Trinajstić information content (AvgIpc) is 2.48. The zero-order valence-electron chi connectivity index (χ0n) is 11.5. The molecule has 1 aromatic carbocycles. The van der Waals surface area contributed by atoms with E-state index in [1.807, 2.05) is 0 Å². The van der Waals surface area contributed by atoms with Crippen molar-refractivity contribution in [1.29, 1.82) is 0 Å². The highest BCUT2D eigenvalue weighted by molar-refractivity contribution is 7.85. The first kappa shape index (κ1) is 17.3. The van der Waals surface area contributed by atoms with Crippen molar-refractivity contribution in [2.24, 2.45) is 0 Å². The van der Waals surface area contributed by atoms with Crippen LogP contribution in [0.1, 0.15) is 5.56 Å². The van der Waals surface area contributed by atoms with Crippen LogP contribution in [0.15, 0.2) is 30.3 Å². The quantitative estimate of drug-likeness (QED) is 0.470. The second-order valence-electron chi connectivity index (χ2n) is 4.98. The first-order chi connectivity index (χ1) is 10.3. The fourth-order valence-corrected chi connectivity index (χ4v) is 3.22. The first-order valence-electron chi connectivity index (χ1n) is 6.59. The van der Waals surface area contributed by atoms with Gasteiger partial charge < -0.3 is 25.2 Å². The number of benzene rings is 1. The Morgan fingerprint density at radius 3 is 2.27 bits per heavy atom. The molecule has 1 aliphatic rings. The predicted molar refractivity (Wildman–Crippen MR) is 73.9 cm³/mol. The van der Waals surface area contributed by atoms with E-state index in [0.717, 1.165) is 0 Å². The third-order valence-electron chi connectivity index (χ3n) is 3.28. The normalized spacial score (nSPS) is 32.8. The molecule has 0 amide bonds. The van der Waals surface area contributed by atoms with E-state index in [1.54, 1.807) is 30.3 Å². The third-order valence-corrected chi connectivity index (χ3v) is 4.45. The van der Waals surface area contributed by atoms with Crippen LogP contribution < -0.4 is 0 Å². The molecule has 8 nitrogen and oxygen atoms in total. The molecule has 0 saturated carbocycles. The van der Waals surface area contributed by atoms with Gasteiger partial charge in [0.2, 0.25) is 6.29 Å². The summed E-state index contributed by atoms with van der Waals surface area (Å²) in [5, 5.41) is 38.0. The second-order valence-corrected chi connectivity index (χ2v) is 6.58. The van der Waals surface area contributed by atoms with Crippen LogP contribution in [-0.2, 0) is 24.8 Å². The van der Waals surface area contributed by atoms with Crippen LogP contribution in [0.3, 0.4) is 0 Å². The molecule has 9 heteroatoms. The Morgan fingerprint density at radius 2 is 1.68 bits per heavy atom. The molecule has 124 valence electrons. The number of ether oxygens (including phenoxy) is 1. The topological polar surface area (TPSA) is 134 Å². The largest absolute Gasteiger partial charge is 0.394 e. The van der Waals surface area contributed by atoms with Gasteiger partial charge in [-0.25, -0.2) is 4.18 Å². The number of hydrogen-bond donors (Lipinski definition) is 4. The van der Waals surface area contributed by atoms with E-state index in [1.165, 1.54) is 0 Å². The van der Waals surface area contributed by atoms with Crippen LogP contribution in [0.25, 0.3) is 0 Å². The maximum absolute atomic E-state index is 12.0. The van der Waals surface area contributed by atoms with E-state index in [0.29, 0.717) is 5.56 Å². The lowest BCUT2D eigenvalue weighted by Gasteiger charge is -2.39. The Bertz CT molecular complexity index is 573. The average molecular weight is 334 g/mol. The summed E-state index contributed by atoms with van der Waals surface area (Å²) >= 11 is 0. The Kier molecular flexibility index (Phi) is 5.50. The number of aliphatic hydroxyl groups is 4. The fraction of sp³-hybridized carbons (Fsp3) is 0.538. The van der Waals surface area contributed by atoms with Gasteiger partial charge in [-0.05, 0) is 5.56 Å². The van der Waals surface area contributed by atoms with Crippen LogP contribution in [0, 0.1) is 0 Å². The van der Waals surface area contributed by atoms with Gasteiger partial charge in [-0.2, -0.15) is 8.42 Å². The van der Waals surface area contributed by atoms with Gasteiger partial charge in [-0.1, -0.05) is 30.3 Å². The lowest BCUT2D eigenvalue weighted by Crippen LogP contribution is -2.59. The van der Waals surface area contributed by atoms with Crippen molar-refractivity contribution < 1.29 is 37.8 Å². The van der Waals surface area contributed by atoms with Gasteiger partial charge in [0.05, 0.1) is 6.61 Å². The minimum Gasteiger partial charge on any atom is -0.394 e. The molecule has 0 unspecified atom stereocenters. The molecule has 5 atom stereocenters. The van der Waals surface area contributed by atoms with Gasteiger partial charge in [0.25, 0.3) is 10.1 Å². The summed E-state index contributed by atoms with van der Waals surface area (Å²) in [6, 6.07) is 8.24. The van der Waals surface area contributed by atoms with Gasteiger partial charge in [-0.3, -0.25) is 0 Å². The fourth-order valence-electron chi connectivity index (χ4n) is 2.10. The molecule has 0 radical (unpaired) electrons. The number of aliphatic hydroxyl groups excluding tert-OH is 4. The Morgan fingerprint density at radius 1 is 1.05 bits per heavy atom. The van der Waals surface area contributed by atoms with Crippen molar-refractivity contribution in [2.75, 3.05) is 6.61 Å². The highest BCUT2D eigenvalue weighted by Gasteiger charge is 2.45. The molecule has 0 bridgehead atoms. The maximum Gasteiger partial charge on any atom is 0.274 e. The van der Waals surface area contributed by atoms with Gasteiger partial charge in [0.1, 0.15) is 30.2 Å². The molecule has 0 aliphatic carbocycles. The Labute approximate surface area is 127 Å². The SMILES string of the molecule is O=S(=O)(Cc1ccccc1)O[C@H]1O[C@H](CO)[C@@H](O)[C@H](O)[C@H]1O. The molecule has 0 spiro atoms. The monoisotopic (exact) mass is 334 g/mol. The van der Waals surface area contributed by atoms with E-state index in [9.17, 15) is 23.7 Å². The Balaban J connectivity index is 2.08. The van der Waals surface area contributed by atoms with Gasteiger partial charge in [0, 0.05) is 0 Å². The summed E-state index contributed by atoms with van der Waals surface area (Å²) in [5.74, 6) is -0.442. The molecule has 4 N–H and O–H groups in total.